The van der Waals surface area contributed by atoms with Gasteiger partial charge in [-0.1, -0.05) is 0 Å². The van der Waals surface area contributed by atoms with Crippen LogP contribution in [0.15, 0.2) is 36.4 Å². The normalized spacial score (nSPS) is 11.7. The number of fused-ring (bicyclic) bond motifs is 1. The number of ether oxygens (including phenoxy) is 1. The predicted octanol–water partition coefficient (Wildman–Crippen LogP) is 5.12. The lowest BCUT2D eigenvalue weighted by molar-refractivity contribution is -0.140. The highest BCUT2D eigenvalue weighted by Gasteiger charge is 2.34. The Bertz CT molecular complexity index is 1040. The molecule has 0 aliphatic heterocycles. The zero-order valence-electron chi connectivity index (χ0n) is 13.5. The number of carbonyl (C=O) groups is 1. The minimum atomic E-state index is -4.89. The molecule has 9 heteroatoms. The number of benzene rings is 2. The van der Waals surface area contributed by atoms with Crippen LogP contribution in [0.4, 0.5) is 26.3 Å². The van der Waals surface area contributed by atoms with Crippen molar-refractivity contribution in [2.24, 2.45) is 0 Å². The standard InChI is InChI=1S/C18H9F6NO2/c1-27-17(26)8-2-3-14-10(4-8)11(7-15(25-14)18(22,23)24)16-12(20)5-9(19)6-13(16)21/h2-7H,1H3. The molecule has 0 radical (unpaired) electrons. The molecular formula is C18H9F6NO2. The van der Waals surface area contributed by atoms with E-state index in [-0.39, 0.29) is 16.5 Å². The number of nitrogens with zero attached hydrogens (tertiary/aromatic N) is 1. The number of aromatic nitrogens is 1. The summed E-state index contributed by atoms with van der Waals surface area (Å²) in [5.41, 5.74) is -3.09. The van der Waals surface area contributed by atoms with Gasteiger partial charge in [-0.25, -0.2) is 22.9 Å². The first kappa shape index (κ1) is 18.7. The fraction of sp³-hybridized carbons (Fsp3) is 0.111. The Labute approximate surface area is 148 Å². The molecule has 2 aromatic carbocycles. The van der Waals surface area contributed by atoms with E-state index in [9.17, 15) is 31.1 Å². The van der Waals surface area contributed by atoms with Crippen molar-refractivity contribution in [3.05, 3.63) is 65.1 Å². The fourth-order valence-corrected chi connectivity index (χ4v) is 2.62. The van der Waals surface area contributed by atoms with Crippen molar-refractivity contribution >= 4 is 16.9 Å². The highest BCUT2D eigenvalue weighted by atomic mass is 19.4. The van der Waals surface area contributed by atoms with Crippen LogP contribution in [0.5, 0.6) is 0 Å². The van der Waals surface area contributed by atoms with Crippen molar-refractivity contribution in [3.63, 3.8) is 0 Å². The molecule has 0 atom stereocenters. The van der Waals surface area contributed by atoms with Gasteiger partial charge in [0.05, 0.1) is 23.8 Å². The predicted molar refractivity (Wildman–Crippen MR) is 83.4 cm³/mol. The van der Waals surface area contributed by atoms with Gasteiger partial charge in [0.25, 0.3) is 0 Å². The minimum absolute atomic E-state index is 0.0595. The van der Waals surface area contributed by atoms with E-state index in [0.29, 0.717) is 18.2 Å². The first-order valence-electron chi connectivity index (χ1n) is 7.37. The van der Waals surface area contributed by atoms with Gasteiger partial charge in [-0.2, -0.15) is 13.2 Å². The van der Waals surface area contributed by atoms with Crippen LogP contribution in [-0.4, -0.2) is 18.1 Å². The zero-order chi connectivity index (χ0) is 19.9. The molecule has 27 heavy (non-hydrogen) atoms. The van der Waals surface area contributed by atoms with Crippen LogP contribution in [0.25, 0.3) is 22.0 Å². The maximum atomic E-state index is 14.2. The van der Waals surface area contributed by atoms with Gasteiger partial charge in [-0.05, 0) is 29.8 Å². The number of hydrogen-bond acceptors (Lipinski definition) is 3. The molecular weight excluding hydrogens is 376 g/mol. The summed E-state index contributed by atoms with van der Waals surface area (Å²) in [6, 6.07) is 4.51. The lowest BCUT2D eigenvalue weighted by Crippen LogP contribution is -2.09. The van der Waals surface area contributed by atoms with Crippen LogP contribution in [0.3, 0.4) is 0 Å². The van der Waals surface area contributed by atoms with Crippen molar-refractivity contribution in [1.29, 1.82) is 0 Å². The summed E-state index contributed by atoms with van der Waals surface area (Å²) in [6.07, 6.45) is -4.89. The molecule has 3 aromatic rings. The Morgan fingerprint density at radius 1 is 1.00 bits per heavy atom. The lowest BCUT2D eigenvalue weighted by atomic mass is 9.97. The second-order valence-electron chi connectivity index (χ2n) is 5.52. The molecule has 1 aromatic heterocycles. The van der Waals surface area contributed by atoms with Crippen molar-refractivity contribution in [2.75, 3.05) is 7.11 Å². The largest absolute Gasteiger partial charge is 0.465 e. The molecule has 0 bridgehead atoms. The SMILES string of the molecule is COC(=O)c1ccc2nc(C(F)(F)F)cc(-c3c(F)cc(F)cc3F)c2c1. The van der Waals surface area contributed by atoms with Crippen LogP contribution in [0.1, 0.15) is 16.1 Å². The molecule has 0 aliphatic carbocycles. The second kappa shape index (κ2) is 6.57. The lowest BCUT2D eigenvalue weighted by Gasteiger charge is -2.14. The van der Waals surface area contributed by atoms with E-state index in [1.165, 1.54) is 6.07 Å². The Morgan fingerprint density at radius 2 is 1.63 bits per heavy atom. The number of pyridine rings is 1. The van der Waals surface area contributed by atoms with Gasteiger partial charge in [-0.15, -0.1) is 0 Å². The van der Waals surface area contributed by atoms with Crippen molar-refractivity contribution < 1.29 is 35.9 Å². The summed E-state index contributed by atoms with van der Waals surface area (Å²) in [5.74, 6) is -4.81. The maximum Gasteiger partial charge on any atom is 0.433 e. The van der Waals surface area contributed by atoms with E-state index in [1.807, 2.05) is 0 Å². The van der Waals surface area contributed by atoms with Gasteiger partial charge in [-0.3, -0.25) is 0 Å². The smallest absolute Gasteiger partial charge is 0.433 e. The molecule has 0 fully saturated rings. The molecule has 0 saturated carbocycles. The molecule has 140 valence electrons. The van der Waals surface area contributed by atoms with E-state index in [1.54, 1.807) is 0 Å². The number of carbonyl (C=O) groups excluding carboxylic acids is 1. The van der Waals surface area contributed by atoms with Gasteiger partial charge >= 0.3 is 12.1 Å². The highest BCUT2D eigenvalue weighted by Crippen LogP contribution is 2.37. The van der Waals surface area contributed by atoms with Crippen molar-refractivity contribution in [2.45, 2.75) is 6.18 Å². The Hall–Kier alpha value is -3.10. The van der Waals surface area contributed by atoms with Crippen LogP contribution in [0, 0.1) is 17.5 Å². The molecule has 0 aliphatic rings. The molecule has 0 spiro atoms. The van der Waals surface area contributed by atoms with E-state index < -0.39 is 46.4 Å². The summed E-state index contributed by atoms with van der Waals surface area (Å²) in [4.78, 5) is 15.1. The summed E-state index contributed by atoms with van der Waals surface area (Å²) < 4.78 is 85.6. The quantitative estimate of drug-likeness (QED) is 0.454. The minimum Gasteiger partial charge on any atom is -0.465 e. The van der Waals surface area contributed by atoms with E-state index >= 15 is 0 Å². The van der Waals surface area contributed by atoms with E-state index in [2.05, 4.69) is 9.72 Å². The molecule has 0 N–H and O–H groups in total. The first-order chi connectivity index (χ1) is 12.6. The molecule has 0 saturated heterocycles. The third kappa shape index (κ3) is 3.44. The summed E-state index contributed by atoms with van der Waals surface area (Å²) in [6.45, 7) is 0. The molecule has 3 rings (SSSR count). The second-order valence-corrected chi connectivity index (χ2v) is 5.52. The third-order valence-corrected chi connectivity index (χ3v) is 3.80. The van der Waals surface area contributed by atoms with Crippen LogP contribution in [-0.2, 0) is 10.9 Å². The number of methoxy groups -OCH3 is 1. The Morgan fingerprint density at radius 3 is 2.19 bits per heavy atom. The first-order valence-corrected chi connectivity index (χ1v) is 7.37. The summed E-state index contributed by atoms with van der Waals surface area (Å²) in [5, 5.41) is -0.129. The summed E-state index contributed by atoms with van der Waals surface area (Å²) >= 11 is 0. The van der Waals surface area contributed by atoms with Crippen molar-refractivity contribution in [1.82, 2.24) is 4.98 Å². The van der Waals surface area contributed by atoms with E-state index in [0.717, 1.165) is 19.2 Å². The number of rotatable bonds is 2. The van der Waals surface area contributed by atoms with Crippen LogP contribution in [0.2, 0.25) is 0 Å². The van der Waals surface area contributed by atoms with E-state index in [4.69, 9.17) is 0 Å². The topological polar surface area (TPSA) is 39.2 Å². The highest BCUT2D eigenvalue weighted by molar-refractivity contribution is 6.00. The number of hydrogen-bond donors (Lipinski definition) is 0. The average Bonchev–Trinajstić information content (AvgIpc) is 2.58. The summed E-state index contributed by atoms with van der Waals surface area (Å²) in [7, 11) is 1.09. The van der Waals surface area contributed by atoms with Gasteiger partial charge < -0.3 is 4.74 Å². The van der Waals surface area contributed by atoms with Gasteiger partial charge in [0.2, 0.25) is 0 Å². The van der Waals surface area contributed by atoms with Crippen LogP contribution < -0.4 is 0 Å². The maximum absolute atomic E-state index is 14.2. The van der Waals surface area contributed by atoms with Gasteiger partial charge in [0.1, 0.15) is 23.1 Å². The Kier molecular flexibility index (Phi) is 4.54. The zero-order valence-corrected chi connectivity index (χ0v) is 13.5. The molecule has 0 unspecified atom stereocenters. The van der Waals surface area contributed by atoms with Gasteiger partial charge in [0, 0.05) is 17.5 Å². The molecule has 0 amide bonds. The van der Waals surface area contributed by atoms with Crippen molar-refractivity contribution in [3.8, 4) is 11.1 Å². The average molecular weight is 385 g/mol. The molecule has 3 nitrogen and oxygen atoms in total. The number of halogens is 6. The van der Waals surface area contributed by atoms with Crippen LogP contribution >= 0.6 is 0 Å². The van der Waals surface area contributed by atoms with Gasteiger partial charge in [0.15, 0.2) is 0 Å². The monoisotopic (exact) mass is 385 g/mol. The third-order valence-electron chi connectivity index (χ3n) is 3.80. The molecule has 1 heterocycles. The Balaban J connectivity index is 2.42. The number of esters is 1. The number of alkyl halides is 3. The fourth-order valence-electron chi connectivity index (χ4n) is 2.62.